The molecule has 0 aromatic carbocycles. The van der Waals surface area contributed by atoms with E-state index in [1.807, 2.05) is 0 Å². The lowest BCUT2D eigenvalue weighted by Gasteiger charge is -2.10. The van der Waals surface area contributed by atoms with Crippen molar-refractivity contribution in [2.75, 3.05) is 7.11 Å². The van der Waals surface area contributed by atoms with Gasteiger partial charge in [-0.15, -0.1) is 0 Å². The smallest absolute Gasteiger partial charge is 0.338 e. The highest BCUT2D eigenvalue weighted by atomic mass is 16.6. The van der Waals surface area contributed by atoms with Gasteiger partial charge in [0, 0.05) is 6.21 Å². The molecule has 18 heavy (non-hydrogen) atoms. The molecule has 0 fully saturated rings. The monoisotopic (exact) mass is 249 g/mol. The van der Waals surface area contributed by atoms with Crippen molar-refractivity contribution in [2.24, 2.45) is 5.16 Å². The molecule has 0 atom stereocenters. The molecule has 0 bridgehead atoms. The van der Waals surface area contributed by atoms with E-state index in [1.54, 1.807) is 26.8 Å². The van der Waals surface area contributed by atoms with E-state index in [4.69, 9.17) is 9.57 Å². The van der Waals surface area contributed by atoms with Crippen LogP contribution in [-0.2, 0) is 9.53 Å². The topological polar surface area (TPSA) is 73.7 Å². The Bertz CT molecular complexity index is 495. The zero-order valence-electron chi connectivity index (χ0n) is 10.8. The van der Waals surface area contributed by atoms with Gasteiger partial charge in [-0.3, -0.25) is 0 Å². The highest BCUT2D eigenvalue weighted by Crippen LogP contribution is 2.27. The van der Waals surface area contributed by atoms with Gasteiger partial charge in [-0.25, -0.2) is 9.78 Å². The van der Waals surface area contributed by atoms with E-state index in [2.05, 4.69) is 15.1 Å². The fourth-order valence-electron chi connectivity index (χ4n) is 1.41. The van der Waals surface area contributed by atoms with Crippen molar-refractivity contribution in [1.29, 1.82) is 0 Å². The quantitative estimate of drug-likeness (QED) is 0.352. The fraction of sp³-hybridized carbons (Fsp3) is 0.333. The number of allylic oxidation sites excluding steroid dienone is 1. The summed E-state index contributed by atoms with van der Waals surface area (Å²) < 4.78 is 4.72. The first-order valence-electron chi connectivity index (χ1n) is 5.37. The Balaban J connectivity index is 3.32. The number of hydrogen-bond donors (Lipinski definition) is 0. The summed E-state index contributed by atoms with van der Waals surface area (Å²) in [5, 5.41) is 3.65. The van der Waals surface area contributed by atoms with Crippen molar-refractivity contribution < 1.29 is 14.4 Å². The molecule has 0 unspecified atom stereocenters. The van der Waals surface area contributed by atoms with Crippen LogP contribution in [0.15, 0.2) is 17.6 Å². The lowest BCUT2D eigenvalue weighted by Crippen LogP contribution is -2.08. The Hall–Kier alpha value is -2.24. The summed E-state index contributed by atoms with van der Waals surface area (Å²) in [6.45, 7) is 5.20. The van der Waals surface area contributed by atoms with E-state index in [-0.39, 0.29) is 5.88 Å². The number of rotatable bonds is 4. The van der Waals surface area contributed by atoms with Gasteiger partial charge in [0.15, 0.2) is 0 Å². The molecular weight excluding hydrogens is 234 g/mol. The van der Waals surface area contributed by atoms with E-state index in [0.29, 0.717) is 16.8 Å². The number of ether oxygens (including phenoxy) is 1. The summed E-state index contributed by atoms with van der Waals surface area (Å²) in [5.41, 5.74) is 1.44. The second-order valence-electron chi connectivity index (χ2n) is 3.29. The summed E-state index contributed by atoms with van der Waals surface area (Å²) >= 11 is 0. The van der Waals surface area contributed by atoms with Crippen LogP contribution in [0.2, 0.25) is 0 Å². The summed E-state index contributed by atoms with van der Waals surface area (Å²) in [6.07, 6.45) is 4.46. The second-order valence-corrected chi connectivity index (χ2v) is 3.29. The van der Waals surface area contributed by atoms with Gasteiger partial charge in [-0.1, -0.05) is 11.2 Å². The second kappa shape index (κ2) is 6.48. The Morgan fingerprint density at radius 2 is 2.11 bits per heavy atom. The van der Waals surface area contributed by atoms with Crippen molar-refractivity contribution in [3.8, 4) is 5.88 Å². The number of esters is 1. The standard InChI is InChI=1S/C12H15N3O3/c1-5-9(12(16)17-4)10-8(3)13-7-14-11(10)18-15-6-2/h5-7H,1-4H3/b9-5+,15-6?. The average Bonchev–Trinajstić information content (AvgIpc) is 2.39. The maximum atomic E-state index is 11.7. The van der Waals surface area contributed by atoms with E-state index in [1.165, 1.54) is 19.7 Å². The van der Waals surface area contributed by atoms with Gasteiger partial charge in [0.25, 0.3) is 5.88 Å². The molecule has 0 amide bonds. The maximum Gasteiger partial charge on any atom is 0.338 e. The molecule has 1 heterocycles. The first kappa shape index (κ1) is 13.8. The number of aromatic nitrogens is 2. The zero-order chi connectivity index (χ0) is 13.5. The molecule has 1 rings (SSSR count). The molecule has 0 N–H and O–H groups in total. The van der Waals surface area contributed by atoms with Gasteiger partial charge in [0.05, 0.1) is 23.9 Å². The molecule has 6 nitrogen and oxygen atoms in total. The maximum absolute atomic E-state index is 11.7. The van der Waals surface area contributed by atoms with Crippen LogP contribution >= 0.6 is 0 Å². The fourth-order valence-corrected chi connectivity index (χ4v) is 1.41. The third-order valence-electron chi connectivity index (χ3n) is 2.21. The zero-order valence-corrected chi connectivity index (χ0v) is 10.8. The van der Waals surface area contributed by atoms with Crippen LogP contribution in [0.3, 0.4) is 0 Å². The van der Waals surface area contributed by atoms with Crippen molar-refractivity contribution in [3.63, 3.8) is 0 Å². The molecule has 0 aliphatic rings. The van der Waals surface area contributed by atoms with Crippen molar-refractivity contribution in [1.82, 2.24) is 9.97 Å². The number of carbonyl (C=O) groups excluding carboxylic acids is 1. The minimum absolute atomic E-state index is 0.221. The first-order chi connectivity index (χ1) is 8.65. The highest BCUT2D eigenvalue weighted by molar-refractivity contribution is 6.17. The number of aryl methyl sites for hydroxylation is 1. The number of carbonyl (C=O) groups is 1. The Morgan fingerprint density at radius 3 is 2.67 bits per heavy atom. The molecular formula is C12H15N3O3. The van der Waals surface area contributed by atoms with E-state index in [9.17, 15) is 4.79 Å². The Kier molecular flexibility index (Phi) is 4.98. The van der Waals surface area contributed by atoms with Crippen LogP contribution in [-0.4, -0.2) is 29.3 Å². The molecule has 0 aliphatic heterocycles. The summed E-state index contributed by atoms with van der Waals surface area (Å²) in [4.78, 5) is 24.8. The number of oxime groups is 1. The minimum Gasteiger partial charge on any atom is -0.465 e. The molecule has 0 radical (unpaired) electrons. The third kappa shape index (κ3) is 2.91. The van der Waals surface area contributed by atoms with Crippen LogP contribution < -0.4 is 4.84 Å². The van der Waals surface area contributed by atoms with Crippen molar-refractivity contribution >= 4 is 17.8 Å². The molecule has 0 spiro atoms. The summed E-state index contributed by atoms with van der Waals surface area (Å²) in [7, 11) is 1.32. The molecule has 1 aromatic heterocycles. The largest absolute Gasteiger partial charge is 0.465 e. The molecule has 0 aliphatic carbocycles. The van der Waals surface area contributed by atoms with E-state index >= 15 is 0 Å². The lowest BCUT2D eigenvalue weighted by atomic mass is 10.1. The number of methoxy groups -OCH3 is 1. The third-order valence-corrected chi connectivity index (χ3v) is 2.21. The van der Waals surface area contributed by atoms with Gasteiger partial charge >= 0.3 is 5.97 Å². The Morgan fingerprint density at radius 1 is 1.39 bits per heavy atom. The van der Waals surface area contributed by atoms with Gasteiger partial charge in [0.2, 0.25) is 0 Å². The summed E-state index contributed by atoms with van der Waals surface area (Å²) in [5.74, 6) is -0.250. The van der Waals surface area contributed by atoms with Crippen LogP contribution in [0.25, 0.3) is 5.57 Å². The van der Waals surface area contributed by atoms with E-state index < -0.39 is 5.97 Å². The SMILES string of the molecule is CC=NOc1ncnc(C)c1/C(=C\C)C(=O)OC. The van der Waals surface area contributed by atoms with E-state index in [0.717, 1.165) is 0 Å². The summed E-state index contributed by atoms with van der Waals surface area (Å²) in [6, 6.07) is 0. The van der Waals surface area contributed by atoms with Crippen molar-refractivity contribution in [3.05, 3.63) is 23.7 Å². The predicted octanol–water partition coefficient (Wildman–Crippen LogP) is 1.75. The van der Waals surface area contributed by atoms with Gasteiger partial charge in [0.1, 0.15) is 6.33 Å². The van der Waals surface area contributed by atoms with Crippen molar-refractivity contribution in [2.45, 2.75) is 20.8 Å². The normalized spacial score (nSPS) is 11.7. The van der Waals surface area contributed by atoms with Crippen LogP contribution in [0.5, 0.6) is 5.88 Å². The minimum atomic E-state index is -0.472. The molecule has 0 saturated carbocycles. The molecule has 0 saturated heterocycles. The highest BCUT2D eigenvalue weighted by Gasteiger charge is 2.20. The average molecular weight is 249 g/mol. The van der Waals surface area contributed by atoms with Crippen LogP contribution in [0.4, 0.5) is 0 Å². The molecule has 6 heteroatoms. The number of nitrogens with zero attached hydrogens (tertiary/aromatic N) is 3. The first-order valence-corrected chi connectivity index (χ1v) is 5.37. The molecule has 1 aromatic rings. The van der Waals surface area contributed by atoms with Crippen LogP contribution in [0, 0.1) is 6.92 Å². The Labute approximate surface area is 105 Å². The lowest BCUT2D eigenvalue weighted by molar-refractivity contribution is -0.133. The van der Waals surface area contributed by atoms with Gasteiger partial charge in [-0.05, 0) is 20.8 Å². The number of hydrogen-bond acceptors (Lipinski definition) is 6. The predicted molar refractivity (Wildman–Crippen MR) is 67.2 cm³/mol. The molecule has 96 valence electrons. The van der Waals surface area contributed by atoms with Gasteiger partial charge < -0.3 is 9.57 Å². The van der Waals surface area contributed by atoms with Gasteiger partial charge in [-0.2, -0.15) is 4.98 Å². The van der Waals surface area contributed by atoms with Crippen LogP contribution in [0.1, 0.15) is 25.1 Å².